The number of hydrogen-bond donors (Lipinski definition) is 0. The molecule has 0 saturated carbocycles. The zero-order valence-electron chi connectivity index (χ0n) is 18.1. The number of piperidine rings is 1. The fraction of sp³-hybridized carbons (Fsp3) is 0.231. The van der Waals surface area contributed by atoms with E-state index in [1.54, 1.807) is 17.1 Å². The first-order valence-electron chi connectivity index (χ1n) is 11.1. The van der Waals surface area contributed by atoms with Gasteiger partial charge in [0, 0.05) is 60.4 Å². The number of pyridine rings is 2. The molecule has 1 atom stereocenters. The van der Waals surface area contributed by atoms with Crippen molar-refractivity contribution in [3.05, 3.63) is 107 Å². The van der Waals surface area contributed by atoms with Crippen LogP contribution >= 0.6 is 11.6 Å². The van der Waals surface area contributed by atoms with Crippen molar-refractivity contribution in [2.75, 3.05) is 13.1 Å². The lowest BCUT2D eigenvalue weighted by molar-refractivity contribution is 0.0705. The van der Waals surface area contributed by atoms with Gasteiger partial charge in [0.15, 0.2) is 5.82 Å². The Morgan fingerprint density at radius 3 is 2.70 bits per heavy atom. The molecule has 1 aliphatic heterocycles. The first kappa shape index (κ1) is 21.3. The smallest absolute Gasteiger partial charge is 0.255 e. The van der Waals surface area contributed by atoms with Crippen molar-refractivity contribution >= 4 is 17.5 Å². The lowest BCUT2D eigenvalue weighted by Crippen LogP contribution is -2.39. The number of amides is 1. The Bertz CT molecular complexity index is 1220. The summed E-state index contributed by atoms with van der Waals surface area (Å²) in [6, 6.07) is 19.5. The molecule has 0 radical (unpaired) electrons. The van der Waals surface area contributed by atoms with Crippen LogP contribution in [0.25, 0.3) is 5.82 Å². The fourth-order valence-corrected chi connectivity index (χ4v) is 4.40. The highest BCUT2D eigenvalue weighted by Gasteiger charge is 2.26. The van der Waals surface area contributed by atoms with Crippen molar-refractivity contribution in [1.82, 2.24) is 24.6 Å². The van der Waals surface area contributed by atoms with E-state index >= 15 is 0 Å². The van der Waals surface area contributed by atoms with Crippen LogP contribution in [0.3, 0.4) is 0 Å². The molecular formula is C26H24ClN5O. The van der Waals surface area contributed by atoms with Crippen LogP contribution in [0.4, 0.5) is 0 Å². The molecule has 0 aliphatic carbocycles. The number of carbonyl (C=O) groups is 1. The molecule has 0 spiro atoms. The first-order chi connectivity index (χ1) is 16.2. The molecule has 1 fully saturated rings. The van der Waals surface area contributed by atoms with Crippen molar-refractivity contribution in [1.29, 1.82) is 0 Å². The summed E-state index contributed by atoms with van der Waals surface area (Å²) in [7, 11) is 0. The van der Waals surface area contributed by atoms with Gasteiger partial charge in [-0.2, -0.15) is 5.10 Å². The highest BCUT2D eigenvalue weighted by Crippen LogP contribution is 2.27. The predicted octanol–water partition coefficient (Wildman–Crippen LogP) is 4.93. The Kier molecular flexibility index (Phi) is 6.17. The van der Waals surface area contributed by atoms with Crippen molar-refractivity contribution in [2.45, 2.75) is 25.2 Å². The standard InChI is InChI=1S/C26H24ClN5O/c27-22-10-7-19(8-11-22)16-23-5-1-6-24(30-23)21-4-2-14-31(18-21)26(33)20-9-12-25(28-17-20)32-15-3-13-29-32/h1,3,5-13,15,17,21H,2,4,14,16,18H2. The normalized spacial score (nSPS) is 16.0. The number of carbonyl (C=O) groups excluding carboxylic acids is 1. The number of halogens is 1. The van der Waals surface area contributed by atoms with Gasteiger partial charge in [0.1, 0.15) is 0 Å². The Labute approximate surface area is 197 Å². The molecular weight excluding hydrogens is 434 g/mol. The van der Waals surface area contributed by atoms with E-state index in [0.29, 0.717) is 17.9 Å². The third kappa shape index (κ3) is 4.96. The van der Waals surface area contributed by atoms with E-state index in [1.165, 1.54) is 5.56 Å². The lowest BCUT2D eigenvalue weighted by Gasteiger charge is -2.32. The summed E-state index contributed by atoms with van der Waals surface area (Å²) in [4.78, 5) is 24.4. The summed E-state index contributed by atoms with van der Waals surface area (Å²) in [5.41, 5.74) is 3.84. The minimum absolute atomic E-state index is 0.0107. The van der Waals surface area contributed by atoms with E-state index in [2.05, 4.69) is 28.3 Å². The van der Waals surface area contributed by atoms with Crippen molar-refractivity contribution in [3.8, 4) is 5.82 Å². The van der Waals surface area contributed by atoms with Gasteiger partial charge in [0.25, 0.3) is 5.91 Å². The van der Waals surface area contributed by atoms with Gasteiger partial charge in [-0.3, -0.25) is 9.78 Å². The van der Waals surface area contributed by atoms with Gasteiger partial charge in [0.05, 0.1) is 5.56 Å². The van der Waals surface area contributed by atoms with Crippen LogP contribution in [0, 0.1) is 0 Å². The Morgan fingerprint density at radius 2 is 1.94 bits per heavy atom. The van der Waals surface area contributed by atoms with Gasteiger partial charge < -0.3 is 4.90 Å². The van der Waals surface area contributed by atoms with Crippen LogP contribution in [0.1, 0.15) is 46.1 Å². The zero-order chi connectivity index (χ0) is 22.6. The average molecular weight is 458 g/mol. The number of likely N-dealkylation sites (tertiary alicyclic amines) is 1. The Hall–Kier alpha value is -3.51. The van der Waals surface area contributed by atoms with Gasteiger partial charge in [-0.1, -0.05) is 29.8 Å². The molecule has 1 aromatic carbocycles. The summed E-state index contributed by atoms with van der Waals surface area (Å²) in [5, 5.41) is 4.91. The van der Waals surface area contributed by atoms with Gasteiger partial charge in [-0.15, -0.1) is 0 Å². The van der Waals surface area contributed by atoms with Crippen molar-refractivity contribution < 1.29 is 4.79 Å². The molecule has 166 valence electrons. The molecule has 0 N–H and O–H groups in total. The van der Waals surface area contributed by atoms with Crippen molar-refractivity contribution in [3.63, 3.8) is 0 Å². The summed E-state index contributed by atoms with van der Waals surface area (Å²) < 4.78 is 1.67. The quantitative estimate of drug-likeness (QED) is 0.426. The molecule has 4 heterocycles. The largest absolute Gasteiger partial charge is 0.338 e. The molecule has 4 aromatic rings. The summed E-state index contributed by atoms with van der Waals surface area (Å²) in [5.74, 6) is 0.926. The third-order valence-corrected chi connectivity index (χ3v) is 6.24. The van der Waals surface area contributed by atoms with E-state index in [-0.39, 0.29) is 11.8 Å². The third-order valence-electron chi connectivity index (χ3n) is 5.99. The fourth-order valence-electron chi connectivity index (χ4n) is 4.27. The highest BCUT2D eigenvalue weighted by atomic mass is 35.5. The minimum atomic E-state index is 0.0107. The van der Waals surface area contributed by atoms with Crippen molar-refractivity contribution in [2.24, 2.45) is 0 Å². The summed E-state index contributed by atoms with van der Waals surface area (Å²) >= 11 is 6.00. The SMILES string of the molecule is O=C(c1ccc(-n2cccn2)nc1)N1CCCC(c2cccc(Cc3ccc(Cl)cc3)n2)C1. The van der Waals surface area contributed by atoms with Crippen LogP contribution < -0.4 is 0 Å². The van der Waals surface area contributed by atoms with Crippen LogP contribution in [-0.4, -0.2) is 43.6 Å². The molecule has 1 saturated heterocycles. The Morgan fingerprint density at radius 1 is 1.06 bits per heavy atom. The second kappa shape index (κ2) is 9.55. The second-order valence-electron chi connectivity index (χ2n) is 8.30. The average Bonchev–Trinajstić information content (AvgIpc) is 3.41. The highest BCUT2D eigenvalue weighted by molar-refractivity contribution is 6.30. The molecule has 1 aliphatic rings. The van der Waals surface area contributed by atoms with Gasteiger partial charge in [-0.05, 0) is 60.9 Å². The number of benzene rings is 1. The molecule has 1 unspecified atom stereocenters. The maximum atomic E-state index is 13.1. The van der Waals surface area contributed by atoms with E-state index < -0.39 is 0 Å². The van der Waals surface area contributed by atoms with E-state index in [1.807, 2.05) is 53.6 Å². The maximum absolute atomic E-state index is 13.1. The molecule has 33 heavy (non-hydrogen) atoms. The number of hydrogen-bond acceptors (Lipinski definition) is 4. The van der Waals surface area contributed by atoms with Crippen LogP contribution in [0.2, 0.25) is 5.02 Å². The predicted molar refractivity (Wildman–Crippen MR) is 128 cm³/mol. The lowest BCUT2D eigenvalue weighted by atomic mass is 9.93. The molecule has 6 nitrogen and oxygen atoms in total. The maximum Gasteiger partial charge on any atom is 0.255 e. The van der Waals surface area contributed by atoms with E-state index in [0.717, 1.165) is 42.2 Å². The Balaban J connectivity index is 1.27. The molecule has 5 rings (SSSR count). The molecule has 7 heteroatoms. The second-order valence-corrected chi connectivity index (χ2v) is 8.74. The monoisotopic (exact) mass is 457 g/mol. The summed E-state index contributed by atoms with van der Waals surface area (Å²) in [6.45, 7) is 1.41. The first-order valence-corrected chi connectivity index (χ1v) is 11.5. The summed E-state index contributed by atoms with van der Waals surface area (Å²) in [6.07, 6.45) is 7.90. The molecule has 1 amide bonds. The van der Waals surface area contributed by atoms with Gasteiger partial charge in [-0.25, -0.2) is 9.67 Å². The number of aromatic nitrogens is 4. The topological polar surface area (TPSA) is 63.9 Å². The van der Waals surface area contributed by atoms with E-state index in [9.17, 15) is 4.79 Å². The van der Waals surface area contributed by atoms with Crippen LogP contribution in [0.15, 0.2) is 79.3 Å². The molecule has 0 bridgehead atoms. The number of nitrogens with zero attached hydrogens (tertiary/aromatic N) is 5. The number of rotatable bonds is 5. The molecule has 3 aromatic heterocycles. The van der Waals surface area contributed by atoms with Crippen LogP contribution in [-0.2, 0) is 6.42 Å². The van der Waals surface area contributed by atoms with Gasteiger partial charge >= 0.3 is 0 Å². The minimum Gasteiger partial charge on any atom is -0.338 e. The van der Waals surface area contributed by atoms with Gasteiger partial charge in [0.2, 0.25) is 0 Å². The van der Waals surface area contributed by atoms with Crippen LogP contribution in [0.5, 0.6) is 0 Å². The zero-order valence-corrected chi connectivity index (χ0v) is 18.9. The van der Waals surface area contributed by atoms with E-state index in [4.69, 9.17) is 16.6 Å².